The molecule has 0 aliphatic carbocycles. The van der Waals surface area contributed by atoms with Crippen molar-refractivity contribution in [3.05, 3.63) is 63.8 Å². The Hall–Kier alpha value is -3.45. The molecule has 0 radical (unpaired) electrons. The van der Waals surface area contributed by atoms with Gasteiger partial charge in [0.2, 0.25) is 5.78 Å². The first-order chi connectivity index (χ1) is 15.0. The number of ether oxygens (including phenoxy) is 1. The van der Waals surface area contributed by atoms with E-state index >= 15 is 0 Å². The van der Waals surface area contributed by atoms with Crippen LogP contribution in [0.5, 0.6) is 28.7 Å². The summed E-state index contributed by atoms with van der Waals surface area (Å²) in [6, 6.07) is 3.72. The van der Waals surface area contributed by atoms with Crippen molar-refractivity contribution in [1.29, 1.82) is 0 Å². The molecule has 3 rings (SSSR count). The van der Waals surface area contributed by atoms with E-state index in [4.69, 9.17) is 4.74 Å². The van der Waals surface area contributed by atoms with Crippen molar-refractivity contribution in [3.8, 4) is 28.7 Å². The molecule has 1 aliphatic heterocycles. The first-order valence-electron chi connectivity index (χ1n) is 10.3. The molecule has 5 N–H and O–H groups in total. The van der Waals surface area contributed by atoms with Crippen molar-refractivity contribution in [2.24, 2.45) is 0 Å². The Bertz CT molecular complexity index is 1120. The second-order valence-electron chi connectivity index (χ2n) is 8.42. The van der Waals surface area contributed by atoms with Crippen LogP contribution in [0, 0.1) is 0 Å². The van der Waals surface area contributed by atoms with Crippen molar-refractivity contribution in [3.63, 3.8) is 0 Å². The number of aromatic hydroxyl groups is 4. The second kappa shape index (κ2) is 8.96. The molecule has 7 heteroatoms. The molecule has 1 aliphatic rings. The molecule has 0 amide bonds. The highest BCUT2D eigenvalue weighted by molar-refractivity contribution is 6.06. The van der Waals surface area contributed by atoms with E-state index < -0.39 is 23.7 Å². The Kier molecular flexibility index (Phi) is 6.50. The third-order valence-corrected chi connectivity index (χ3v) is 5.39. The van der Waals surface area contributed by atoms with E-state index in [1.54, 1.807) is 0 Å². The molecule has 0 bridgehead atoms. The molecule has 0 saturated heterocycles. The Morgan fingerprint density at radius 3 is 2.09 bits per heavy atom. The van der Waals surface area contributed by atoms with E-state index in [9.17, 15) is 30.3 Å². The van der Waals surface area contributed by atoms with E-state index in [0.29, 0.717) is 5.56 Å². The number of phenols is 4. The minimum atomic E-state index is -1.71. The standard InChI is InChI=1S/C25H28O7/c1-12(2)5-8-16-20(28)17(9-6-13(3)4)24-19(21(16)29)22(30)23(31)25(32-24)15-10-7-14(26)11-18(15)27/h5-7,10-11,23,25-29,31H,8-9H2,1-4H3. The lowest BCUT2D eigenvalue weighted by molar-refractivity contribution is 0.0198. The number of Topliss-reactive ketones (excluding diaryl/α,β-unsaturated/α-hetero) is 1. The summed E-state index contributed by atoms with van der Waals surface area (Å²) in [6.07, 6.45) is 1.10. The minimum Gasteiger partial charge on any atom is -0.508 e. The fourth-order valence-corrected chi connectivity index (χ4v) is 3.65. The number of carbonyl (C=O) groups excluding carboxylic acids is 1. The highest BCUT2D eigenvalue weighted by Crippen LogP contribution is 2.49. The van der Waals surface area contributed by atoms with E-state index in [1.165, 1.54) is 12.1 Å². The van der Waals surface area contributed by atoms with E-state index in [1.807, 2.05) is 39.8 Å². The van der Waals surface area contributed by atoms with Crippen LogP contribution < -0.4 is 4.74 Å². The first-order valence-corrected chi connectivity index (χ1v) is 10.3. The predicted molar refractivity (Wildman–Crippen MR) is 120 cm³/mol. The molecule has 7 nitrogen and oxygen atoms in total. The van der Waals surface area contributed by atoms with Crippen molar-refractivity contribution < 1.29 is 35.1 Å². The van der Waals surface area contributed by atoms with Gasteiger partial charge in [0.1, 0.15) is 34.3 Å². The van der Waals surface area contributed by atoms with Gasteiger partial charge in [0.05, 0.1) is 0 Å². The number of allylic oxidation sites excluding steroid dienone is 4. The summed E-state index contributed by atoms with van der Waals surface area (Å²) < 4.78 is 5.95. The quantitative estimate of drug-likeness (QED) is 0.441. The fourth-order valence-electron chi connectivity index (χ4n) is 3.65. The average Bonchev–Trinajstić information content (AvgIpc) is 2.70. The summed E-state index contributed by atoms with van der Waals surface area (Å²) >= 11 is 0. The van der Waals surface area contributed by atoms with Crippen LogP contribution in [0.1, 0.15) is 60.8 Å². The van der Waals surface area contributed by atoms with Crippen LogP contribution in [0.15, 0.2) is 41.5 Å². The maximum Gasteiger partial charge on any atom is 0.202 e. The van der Waals surface area contributed by atoms with Crippen LogP contribution in [-0.2, 0) is 12.8 Å². The van der Waals surface area contributed by atoms with E-state index in [2.05, 4.69) is 0 Å². The third kappa shape index (κ3) is 4.29. The minimum absolute atomic E-state index is 0.0359. The Balaban J connectivity index is 2.24. The Labute approximate surface area is 186 Å². The number of carbonyl (C=O) groups is 1. The number of benzene rings is 2. The molecule has 2 atom stereocenters. The highest BCUT2D eigenvalue weighted by atomic mass is 16.5. The van der Waals surface area contributed by atoms with Gasteiger partial charge in [-0.2, -0.15) is 0 Å². The normalized spacial score (nSPS) is 17.3. The summed E-state index contributed by atoms with van der Waals surface area (Å²) in [5, 5.41) is 52.4. The lowest BCUT2D eigenvalue weighted by atomic mass is 9.87. The van der Waals surface area contributed by atoms with Crippen LogP contribution in [-0.4, -0.2) is 37.4 Å². The van der Waals surface area contributed by atoms with Gasteiger partial charge in [0.15, 0.2) is 12.2 Å². The van der Waals surface area contributed by atoms with Crippen LogP contribution in [0.25, 0.3) is 0 Å². The first kappa shape index (κ1) is 23.2. The summed E-state index contributed by atoms with van der Waals surface area (Å²) in [5.41, 5.74) is 2.33. The largest absolute Gasteiger partial charge is 0.508 e. The van der Waals surface area contributed by atoms with Crippen molar-refractivity contribution >= 4 is 5.78 Å². The average molecular weight is 440 g/mol. The molecule has 2 aromatic carbocycles. The molecule has 0 aromatic heterocycles. The highest BCUT2D eigenvalue weighted by Gasteiger charge is 2.42. The van der Waals surface area contributed by atoms with Crippen LogP contribution in [0.2, 0.25) is 0 Å². The maximum absolute atomic E-state index is 13.2. The van der Waals surface area contributed by atoms with Gasteiger partial charge < -0.3 is 30.3 Å². The molecule has 0 spiro atoms. The predicted octanol–water partition coefficient (Wildman–Crippen LogP) is 4.20. The topological polar surface area (TPSA) is 127 Å². The SMILES string of the molecule is CC(C)=CCc1c(O)c(CC=C(C)C)c2c(c1O)C(=O)C(O)C(c1ccc(O)cc1O)O2. The van der Waals surface area contributed by atoms with Gasteiger partial charge in [-0.05, 0) is 52.7 Å². The van der Waals surface area contributed by atoms with Crippen molar-refractivity contribution in [2.75, 3.05) is 0 Å². The molecule has 2 aromatic rings. The second-order valence-corrected chi connectivity index (χ2v) is 8.42. The number of hydrogen-bond acceptors (Lipinski definition) is 7. The Morgan fingerprint density at radius 2 is 1.53 bits per heavy atom. The number of hydrogen-bond donors (Lipinski definition) is 5. The lowest BCUT2D eigenvalue weighted by Crippen LogP contribution is -2.37. The molecule has 0 saturated carbocycles. The van der Waals surface area contributed by atoms with Gasteiger partial charge in [-0.3, -0.25) is 4.79 Å². The number of ketones is 1. The molecular formula is C25H28O7. The van der Waals surface area contributed by atoms with Gasteiger partial charge in [-0.25, -0.2) is 0 Å². The molecule has 32 heavy (non-hydrogen) atoms. The molecule has 0 fully saturated rings. The van der Waals surface area contributed by atoms with Gasteiger partial charge in [-0.15, -0.1) is 0 Å². The molecule has 1 heterocycles. The van der Waals surface area contributed by atoms with Gasteiger partial charge >= 0.3 is 0 Å². The number of rotatable bonds is 5. The van der Waals surface area contributed by atoms with Gasteiger partial charge in [0.25, 0.3) is 0 Å². The zero-order valence-electron chi connectivity index (χ0n) is 18.5. The third-order valence-electron chi connectivity index (χ3n) is 5.39. The van der Waals surface area contributed by atoms with E-state index in [-0.39, 0.29) is 52.5 Å². The van der Waals surface area contributed by atoms with Crippen LogP contribution >= 0.6 is 0 Å². The molecular weight excluding hydrogens is 412 g/mol. The number of phenolic OH excluding ortho intramolecular Hbond substituents is 4. The molecule has 2 unspecified atom stereocenters. The fraction of sp³-hybridized carbons (Fsp3) is 0.320. The summed E-state index contributed by atoms with van der Waals surface area (Å²) in [7, 11) is 0. The van der Waals surface area contributed by atoms with Crippen LogP contribution in [0.3, 0.4) is 0 Å². The zero-order chi connectivity index (χ0) is 23.7. The number of aliphatic hydroxyl groups excluding tert-OH is 1. The summed E-state index contributed by atoms with van der Waals surface area (Å²) in [6.45, 7) is 7.54. The summed E-state index contributed by atoms with van der Waals surface area (Å²) in [5.74, 6) is -1.98. The van der Waals surface area contributed by atoms with Gasteiger partial charge in [-0.1, -0.05) is 23.3 Å². The Morgan fingerprint density at radius 1 is 0.938 bits per heavy atom. The lowest BCUT2D eigenvalue weighted by Gasteiger charge is -2.32. The van der Waals surface area contributed by atoms with Crippen molar-refractivity contribution in [2.45, 2.75) is 52.7 Å². The van der Waals surface area contributed by atoms with Crippen LogP contribution in [0.4, 0.5) is 0 Å². The zero-order valence-corrected chi connectivity index (χ0v) is 18.5. The number of fused-ring (bicyclic) bond motifs is 1. The molecule has 170 valence electrons. The number of aliphatic hydroxyl groups is 1. The monoisotopic (exact) mass is 440 g/mol. The summed E-state index contributed by atoms with van der Waals surface area (Å²) in [4.78, 5) is 13.2. The van der Waals surface area contributed by atoms with Gasteiger partial charge in [0, 0.05) is 22.8 Å². The smallest absolute Gasteiger partial charge is 0.202 e. The van der Waals surface area contributed by atoms with Crippen molar-refractivity contribution in [1.82, 2.24) is 0 Å². The van der Waals surface area contributed by atoms with E-state index in [0.717, 1.165) is 17.2 Å². The maximum atomic E-state index is 13.2.